The van der Waals surface area contributed by atoms with E-state index in [1.807, 2.05) is 0 Å². The van der Waals surface area contributed by atoms with Gasteiger partial charge in [-0.05, 0) is 60.7 Å². The van der Waals surface area contributed by atoms with E-state index in [-0.39, 0.29) is 0 Å². The van der Waals surface area contributed by atoms with E-state index in [1.54, 1.807) is 0 Å². The molecule has 0 aliphatic heterocycles. The van der Waals surface area contributed by atoms with Crippen LogP contribution in [0.4, 0.5) is 5.69 Å². The minimum atomic E-state index is 0.560. The van der Waals surface area contributed by atoms with Crippen LogP contribution in [-0.4, -0.2) is 13.1 Å². The third-order valence-electron chi connectivity index (χ3n) is 2.01. The van der Waals surface area contributed by atoms with Crippen molar-refractivity contribution in [2.75, 3.05) is 11.9 Å². The molecule has 0 aromatic heterocycles. The molecule has 0 fully saturated rings. The zero-order valence-electron chi connectivity index (χ0n) is 7.71. The van der Waals surface area contributed by atoms with Gasteiger partial charge in [0.25, 0.3) is 0 Å². The summed E-state index contributed by atoms with van der Waals surface area (Å²) in [4.78, 5) is 2.26. The van der Waals surface area contributed by atoms with E-state index in [4.69, 9.17) is 0 Å². The number of nitrogens with zero attached hydrogens (tertiary/aromatic N) is 1. The standard InChI is InChI=1S/C10H14IN/c1-8(2)12(3)10-6-4-9(11)5-7-10/h4-8H,1-3H3. The Hall–Kier alpha value is -0.250. The molecule has 0 radical (unpaired) electrons. The maximum absolute atomic E-state index is 2.32. The Bertz CT molecular complexity index is 241. The van der Waals surface area contributed by atoms with Crippen LogP contribution in [0, 0.1) is 3.57 Å². The van der Waals surface area contributed by atoms with Crippen LogP contribution in [0.5, 0.6) is 0 Å². The Labute approximate surface area is 87.9 Å². The molecular weight excluding hydrogens is 261 g/mol. The molecule has 0 aliphatic carbocycles. The fourth-order valence-electron chi connectivity index (χ4n) is 0.974. The van der Waals surface area contributed by atoms with E-state index in [0.717, 1.165) is 0 Å². The molecule has 1 rings (SSSR count). The summed E-state index contributed by atoms with van der Waals surface area (Å²) in [6.45, 7) is 4.38. The third kappa shape index (κ3) is 2.37. The molecule has 66 valence electrons. The average molecular weight is 275 g/mol. The minimum absolute atomic E-state index is 0.560. The molecule has 0 spiro atoms. The lowest BCUT2D eigenvalue weighted by Gasteiger charge is -2.23. The summed E-state index contributed by atoms with van der Waals surface area (Å²) < 4.78 is 1.29. The van der Waals surface area contributed by atoms with E-state index >= 15 is 0 Å². The highest BCUT2D eigenvalue weighted by molar-refractivity contribution is 14.1. The Kier molecular flexibility index (Phi) is 3.38. The van der Waals surface area contributed by atoms with Crippen LogP contribution in [0.25, 0.3) is 0 Å². The maximum Gasteiger partial charge on any atom is 0.0366 e. The molecule has 12 heavy (non-hydrogen) atoms. The quantitative estimate of drug-likeness (QED) is 0.749. The summed E-state index contributed by atoms with van der Waals surface area (Å²) in [6, 6.07) is 9.14. The van der Waals surface area contributed by atoms with Crippen LogP contribution in [0.15, 0.2) is 24.3 Å². The van der Waals surface area contributed by atoms with Gasteiger partial charge in [-0.1, -0.05) is 0 Å². The van der Waals surface area contributed by atoms with Crippen molar-refractivity contribution in [3.05, 3.63) is 27.8 Å². The highest BCUT2D eigenvalue weighted by atomic mass is 127. The molecule has 0 N–H and O–H groups in total. The summed E-state index contributed by atoms with van der Waals surface area (Å²) in [7, 11) is 2.12. The van der Waals surface area contributed by atoms with Crippen molar-refractivity contribution in [1.82, 2.24) is 0 Å². The van der Waals surface area contributed by atoms with E-state index in [9.17, 15) is 0 Å². The van der Waals surface area contributed by atoms with Crippen LogP contribution < -0.4 is 4.90 Å². The predicted octanol–water partition coefficient (Wildman–Crippen LogP) is 3.14. The normalized spacial score (nSPS) is 10.4. The lowest BCUT2D eigenvalue weighted by atomic mass is 10.2. The average Bonchev–Trinajstić information content (AvgIpc) is 2.04. The molecule has 0 saturated heterocycles. The summed E-state index contributed by atoms with van der Waals surface area (Å²) >= 11 is 2.32. The van der Waals surface area contributed by atoms with Gasteiger partial charge in [-0.2, -0.15) is 0 Å². The Morgan fingerprint density at radius 1 is 1.17 bits per heavy atom. The van der Waals surface area contributed by atoms with Crippen molar-refractivity contribution in [1.29, 1.82) is 0 Å². The largest absolute Gasteiger partial charge is 0.372 e. The van der Waals surface area contributed by atoms with Crippen molar-refractivity contribution in [3.8, 4) is 0 Å². The lowest BCUT2D eigenvalue weighted by Crippen LogP contribution is -2.25. The van der Waals surface area contributed by atoms with Crippen LogP contribution in [-0.2, 0) is 0 Å². The first-order chi connectivity index (χ1) is 5.61. The molecule has 1 aromatic rings. The van der Waals surface area contributed by atoms with Gasteiger partial charge in [-0.15, -0.1) is 0 Å². The molecule has 0 saturated carbocycles. The molecule has 1 aromatic carbocycles. The SMILES string of the molecule is CC(C)N(C)c1ccc(I)cc1. The summed E-state index contributed by atoms with van der Waals surface area (Å²) in [6.07, 6.45) is 0. The number of hydrogen-bond acceptors (Lipinski definition) is 1. The highest BCUT2D eigenvalue weighted by Crippen LogP contribution is 2.16. The molecule has 0 unspecified atom stereocenters. The molecule has 2 heteroatoms. The third-order valence-corrected chi connectivity index (χ3v) is 2.73. The topological polar surface area (TPSA) is 3.24 Å². The zero-order valence-corrected chi connectivity index (χ0v) is 9.87. The second-order valence-electron chi connectivity index (χ2n) is 3.18. The predicted molar refractivity (Wildman–Crippen MR) is 62.7 cm³/mol. The van der Waals surface area contributed by atoms with Crippen LogP contribution in [0.3, 0.4) is 0 Å². The van der Waals surface area contributed by atoms with Crippen LogP contribution in [0.2, 0.25) is 0 Å². The van der Waals surface area contributed by atoms with E-state index in [2.05, 4.69) is 72.7 Å². The molecule has 0 bridgehead atoms. The first-order valence-electron chi connectivity index (χ1n) is 4.09. The molecule has 1 nitrogen and oxygen atoms in total. The van der Waals surface area contributed by atoms with Crippen molar-refractivity contribution in [2.45, 2.75) is 19.9 Å². The van der Waals surface area contributed by atoms with E-state index in [0.29, 0.717) is 6.04 Å². The molecule has 0 heterocycles. The molecule has 0 amide bonds. The van der Waals surface area contributed by atoms with E-state index in [1.165, 1.54) is 9.26 Å². The second kappa shape index (κ2) is 4.12. The molecular formula is C10H14IN. The number of anilines is 1. The number of rotatable bonds is 2. The van der Waals surface area contributed by atoms with Gasteiger partial charge in [0.15, 0.2) is 0 Å². The van der Waals surface area contributed by atoms with Gasteiger partial charge in [0.05, 0.1) is 0 Å². The smallest absolute Gasteiger partial charge is 0.0366 e. The van der Waals surface area contributed by atoms with Gasteiger partial charge < -0.3 is 4.90 Å². The Balaban J connectivity index is 2.82. The Morgan fingerprint density at radius 2 is 1.67 bits per heavy atom. The van der Waals surface area contributed by atoms with Crippen LogP contribution >= 0.6 is 22.6 Å². The monoisotopic (exact) mass is 275 g/mol. The lowest BCUT2D eigenvalue weighted by molar-refractivity contribution is 0.755. The number of benzene rings is 1. The highest BCUT2D eigenvalue weighted by Gasteiger charge is 2.02. The molecule has 0 atom stereocenters. The van der Waals surface area contributed by atoms with Crippen molar-refractivity contribution in [2.24, 2.45) is 0 Å². The van der Waals surface area contributed by atoms with Gasteiger partial charge in [0.1, 0.15) is 0 Å². The minimum Gasteiger partial charge on any atom is -0.372 e. The summed E-state index contributed by atoms with van der Waals surface area (Å²) in [5, 5.41) is 0. The van der Waals surface area contributed by atoms with Gasteiger partial charge in [-0.25, -0.2) is 0 Å². The first-order valence-corrected chi connectivity index (χ1v) is 5.17. The van der Waals surface area contributed by atoms with Crippen LogP contribution in [0.1, 0.15) is 13.8 Å². The van der Waals surface area contributed by atoms with Gasteiger partial charge in [0.2, 0.25) is 0 Å². The maximum atomic E-state index is 2.32. The van der Waals surface area contributed by atoms with Crippen molar-refractivity contribution >= 4 is 28.3 Å². The van der Waals surface area contributed by atoms with E-state index < -0.39 is 0 Å². The van der Waals surface area contributed by atoms with Gasteiger partial charge in [0, 0.05) is 22.3 Å². The molecule has 0 aliphatic rings. The Morgan fingerprint density at radius 3 is 2.08 bits per heavy atom. The van der Waals surface area contributed by atoms with Gasteiger partial charge in [-0.3, -0.25) is 0 Å². The van der Waals surface area contributed by atoms with Gasteiger partial charge >= 0.3 is 0 Å². The second-order valence-corrected chi connectivity index (χ2v) is 4.43. The first kappa shape index (κ1) is 9.84. The fraction of sp³-hybridized carbons (Fsp3) is 0.400. The zero-order chi connectivity index (χ0) is 9.14. The fourth-order valence-corrected chi connectivity index (χ4v) is 1.33. The van der Waals surface area contributed by atoms with Crippen molar-refractivity contribution < 1.29 is 0 Å². The van der Waals surface area contributed by atoms with Crippen molar-refractivity contribution in [3.63, 3.8) is 0 Å². The summed E-state index contributed by atoms with van der Waals surface area (Å²) in [5.74, 6) is 0. The summed E-state index contributed by atoms with van der Waals surface area (Å²) in [5.41, 5.74) is 1.28. The number of hydrogen-bond donors (Lipinski definition) is 0. The number of halogens is 1.